The number of ether oxygens (including phenoxy) is 1. The molecule has 2 rings (SSSR count). The summed E-state index contributed by atoms with van der Waals surface area (Å²) in [7, 11) is 0. The first kappa shape index (κ1) is 14.3. The van der Waals surface area contributed by atoms with Crippen molar-refractivity contribution in [2.75, 3.05) is 25.1 Å². The molecule has 1 heterocycles. The van der Waals surface area contributed by atoms with Gasteiger partial charge in [-0.25, -0.2) is 4.98 Å². The number of aromatic nitrogens is 1. The zero-order valence-corrected chi connectivity index (χ0v) is 11.7. The van der Waals surface area contributed by atoms with Crippen molar-refractivity contribution in [3.05, 3.63) is 35.9 Å². The molecule has 0 fully saturated rings. The van der Waals surface area contributed by atoms with Crippen LogP contribution in [0.2, 0.25) is 0 Å². The molecule has 1 N–H and O–H groups in total. The van der Waals surface area contributed by atoms with Gasteiger partial charge in [0.25, 0.3) is 0 Å². The predicted molar refractivity (Wildman–Crippen MR) is 80.7 cm³/mol. The number of hydrogen-bond acceptors (Lipinski definition) is 4. The first-order valence-corrected chi connectivity index (χ1v) is 6.96. The van der Waals surface area contributed by atoms with E-state index in [1.54, 1.807) is 0 Å². The van der Waals surface area contributed by atoms with E-state index >= 15 is 0 Å². The van der Waals surface area contributed by atoms with Crippen molar-refractivity contribution in [3.63, 3.8) is 0 Å². The van der Waals surface area contributed by atoms with E-state index in [1.807, 2.05) is 30.3 Å². The third kappa shape index (κ3) is 3.69. The zero-order chi connectivity index (χ0) is 14.2. The van der Waals surface area contributed by atoms with Gasteiger partial charge in [0, 0.05) is 18.5 Å². The molecule has 0 aliphatic carbocycles. The lowest BCUT2D eigenvalue weighted by molar-refractivity contribution is 0.141. The highest BCUT2D eigenvalue weighted by Gasteiger charge is 2.05. The number of pyridine rings is 1. The summed E-state index contributed by atoms with van der Waals surface area (Å²) in [6, 6.07) is 11.8. The molecular formula is C16H19N3O. The maximum atomic E-state index is 9.19. The lowest BCUT2D eigenvalue weighted by Gasteiger charge is -2.09. The molecule has 0 bridgehead atoms. The number of hydrogen-bond donors (Lipinski definition) is 1. The van der Waals surface area contributed by atoms with Gasteiger partial charge < -0.3 is 10.1 Å². The number of nitriles is 1. The molecule has 0 spiro atoms. The standard InChI is InChI=1S/C16H19N3O/c1-2-3-9-20-10-8-18-16-14(12-17)11-13-6-4-5-7-15(13)19-16/h4-7,11H,2-3,8-10H2,1H3,(H,18,19). The smallest absolute Gasteiger partial charge is 0.144 e. The van der Waals surface area contributed by atoms with Gasteiger partial charge in [0.1, 0.15) is 11.9 Å². The van der Waals surface area contributed by atoms with Crippen LogP contribution in [0, 0.1) is 11.3 Å². The fraction of sp³-hybridized carbons (Fsp3) is 0.375. The Morgan fingerprint density at radius 1 is 1.30 bits per heavy atom. The van der Waals surface area contributed by atoms with Crippen molar-refractivity contribution < 1.29 is 4.74 Å². The largest absolute Gasteiger partial charge is 0.380 e. The minimum absolute atomic E-state index is 0.567. The summed E-state index contributed by atoms with van der Waals surface area (Å²) < 4.78 is 5.48. The summed E-state index contributed by atoms with van der Waals surface area (Å²) in [5, 5.41) is 13.3. The van der Waals surface area contributed by atoms with Crippen molar-refractivity contribution in [2.24, 2.45) is 0 Å². The molecule has 0 saturated carbocycles. The van der Waals surface area contributed by atoms with Gasteiger partial charge in [0.15, 0.2) is 0 Å². The van der Waals surface area contributed by atoms with Crippen LogP contribution >= 0.6 is 0 Å². The van der Waals surface area contributed by atoms with E-state index in [0.717, 1.165) is 30.4 Å². The second-order valence-electron chi connectivity index (χ2n) is 4.58. The van der Waals surface area contributed by atoms with Crippen LogP contribution in [0.1, 0.15) is 25.3 Å². The molecule has 0 aliphatic heterocycles. The molecule has 0 radical (unpaired) electrons. The van der Waals surface area contributed by atoms with Crippen molar-refractivity contribution in [3.8, 4) is 6.07 Å². The summed E-state index contributed by atoms with van der Waals surface area (Å²) in [6.45, 7) is 4.21. The maximum Gasteiger partial charge on any atom is 0.144 e. The molecule has 0 amide bonds. The van der Waals surface area contributed by atoms with Gasteiger partial charge in [-0.15, -0.1) is 0 Å². The highest BCUT2D eigenvalue weighted by molar-refractivity contribution is 5.82. The van der Waals surface area contributed by atoms with Gasteiger partial charge >= 0.3 is 0 Å². The van der Waals surface area contributed by atoms with Crippen LogP contribution in [0.4, 0.5) is 5.82 Å². The van der Waals surface area contributed by atoms with Gasteiger partial charge in [0.2, 0.25) is 0 Å². The Kier molecular flexibility index (Phi) is 5.33. The minimum Gasteiger partial charge on any atom is -0.380 e. The number of unbranched alkanes of at least 4 members (excludes halogenated alkanes) is 1. The van der Waals surface area contributed by atoms with Crippen LogP contribution < -0.4 is 5.32 Å². The molecule has 0 unspecified atom stereocenters. The summed E-state index contributed by atoms with van der Waals surface area (Å²) in [5.41, 5.74) is 1.46. The van der Waals surface area contributed by atoms with E-state index in [1.165, 1.54) is 0 Å². The topological polar surface area (TPSA) is 57.9 Å². The molecule has 2 aromatic rings. The zero-order valence-electron chi connectivity index (χ0n) is 11.7. The van der Waals surface area contributed by atoms with E-state index in [2.05, 4.69) is 23.3 Å². The lowest BCUT2D eigenvalue weighted by atomic mass is 10.1. The number of para-hydroxylation sites is 1. The van der Waals surface area contributed by atoms with Crippen LogP contribution in [0.3, 0.4) is 0 Å². The number of fused-ring (bicyclic) bond motifs is 1. The summed E-state index contributed by atoms with van der Waals surface area (Å²) in [6.07, 6.45) is 2.22. The van der Waals surface area contributed by atoms with E-state index in [9.17, 15) is 5.26 Å². The predicted octanol–water partition coefficient (Wildman–Crippen LogP) is 3.34. The van der Waals surface area contributed by atoms with Crippen molar-refractivity contribution >= 4 is 16.7 Å². The SMILES string of the molecule is CCCCOCCNc1nc2ccccc2cc1C#N. The average Bonchev–Trinajstić information content (AvgIpc) is 2.50. The Balaban J connectivity index is 2.00. The normalized spacial score (nSPS) is 10.4. The first-order valence-electron chi connectivity index (χ1n) is 6.96. The Bertz CT molecular complexity index is 604. The highest BCUT2D eigenvalue weighted by Crippen LogP contribution is 2.19. The fourth-order valence-electron chi connectivity index (χ4n) is 1.93. The lowest BCUT2D eigenvalue weighted by Crippen LogP contribution is -2.12. The van der Waals surface area contributed by atoms with E-state index in [0.29, 0.717) is 24.5 Å². The number of nitrogens with zero attached hydrogens (tertiary/aromatic N) is 2. The second kappa shape index (κ2) is 7.46. The summed E-state index contributed by atoms with van der Waals surface area (Å²) in [4.78, 5) is 4.49. The van der Waals surface area contributed by atoms with Crippen molar-refractivity contribution in [1.29, 1.82) is 5.26 Å². The first-order chi connectivity index (χ1) is 9.85. The molecule has 4 nitrogen and oxygen atoms in total. The Morgan fingerprint density at radius 3 is 2.95 bits per heavy atom. The number of nitrogens with one attached hydrogen (secondary N) is 1. The van der Waals surface area contributed by atoms with Gasteiger partial charge in [-0.2, -0.15) is 5.26 Å². The monoisotopic (exact) mass is 269 g/mol. The third-order valence-electron chi connectivity index (χ3n) is 3.03. The van der Waals surface area contributed by atoms with Crippen LogP contribution in [0.25, 0.3) is 10.9 Å². The van der Waals surface area contributed by atoms with Crippen LogP contribution in [-0.4, -0.2) is 24.7 Å². The number of anilines is 1. The Hall–Kier alpha value is -2.12. The molecule has 1 aromatic heterocycles. The average molecular weight is 269 g/mol. The van der Waals surface area contributed by atoms with E-state index in [4.69, 9.17) is 4.74 Å². The highest BCUT2D eigenvalue weighted by atomic mass is 16.5. The van der Waals surface area contributed by atoms with E-state index < -0.39 is 0 Å². The van der Waals surface area contributed by atoms with Crippen molar-refractivity contribution in [2.45, 2.75) is 19.8 Å². The molecule has 0 atom stereocenters. The quantitative estimate of drug-likeness (QED) is 0.783. The number of benzene rings is 1. The molecule has 1 aromatic carbocycles. The summed E-state index contributed by atoms with van der Waals surface area (Å²) >= 11 is 0. The minimum atomic E-state index is 0.567. The Labute approximate surface area is 119 Å². The molecule has 0 saturated heterocycles. The molecule has 4 heteroatoms. The van der Waals surface area contributed by atoms with Crippen LogP contribution in [-0.2, 0) is 4.74 Å². The van der Waals surface area contributed by atoms with Gasteiger partial charge in [-0.05, 0) is 18.6 Å². The fourth-order valence-corrected chi connectivity index (χ4v) is 1.93. The molecule has 104 valence electrons. The van der Waals surface area contributed by atoms with Gasteiger partial charge in [-0.3, -0.25) is 0 Å². The maximum absolute atomic E-state index is 9.19. The van der Waals surface area contributed by atoms with Crippen LogP contribution in [0.15, 0.2) is 30.3 Å². The van der Waals surface area contributed by atoms with E-state index in [-0.39, 0.29) is 0 Å². The van der Waals surface area contributed by atoms with Crippen molar-refractivity contribution in [1.82, 2.24) is 4.98 Å². The third-order valence-corrected chi connectivity index (χ3v) is 3.03. The van der Waals surface area contributed by atoms with Gasteiger partial charge in [-0.1, -0.05) is 31.5 Å². The Morgan fingerprint density at radius 2 is 2.15 bits per heavy atom. The van der Waals surface area contributed by atoms with Crippen LogP contribution in [0.5, 0.6) is 0 Å². The molecular weight excluding hydrogens is 250 g/mol. The van der Waals surface area contributed by atoms with Gasteiger partial charge in [0.05, 0.1) is 17.7 Å². The summed E-state index contributed by atoms with van der Waals surface area (Å²) in [5.74, 6) is 0.630. The molecule has 0 aliphatic rings. The molecule has 20 heavy (non-hydrogen) atoms. The number of rotatable bonds is 7. The second-order valence-corrected chi connectivity index (χ2v) is 4.58.